The average molecular weight is 914 g/mol. The first-order valence-electron chi connectivity index (χ1n) is 28.5. The highest BCUT2D eigenvalue weighted by Gasteiger charge is 2.19. The molecule has 0 heterocycles. The molecule has 0 aromatic carbocycles. The molecule has 65 heavy (non-hydrogen) atoms. The highest BCUT2D eigenvalue weighted by Crippen LogP contribution is 2.16. The SMILES string of the molecule is CCCCCC/C=C\C/C=C\CCCCCCCC(=O)OC(COC(=O)CCCCCCCC)COC(=O)CCCCCCCCCCCCCCC/C=C\CCCCCCCCCC. The number of ether oxygens (including phenoxy) is 3. The van der Waals surface area contributed by atoms with Crippen molar-refractivity contribution in [2.24, 2.45) is 0 Å². The summed E-state index contributed by atoms with van der Waals surface area (Å²) in [7, 11) is 0. The van der Waals surface area contributed by atoms with Crippen molar-refractivity contribution < 1.29 is 28.6 Å². The van der Waals surface area contributed by atoms with Crippen LogP contribution in [0, 0.1) is 0 Å². The van der Waals surface area contributed by atoms with Crippen LogP contribution >= 0.6 is 0 Å². The number of carbonyl (C=O) groups excluding carboxylic acids is 3. The molecule has 0 saturated carbocycles. The maximum atomic E-state index is 12.8. The van der Waals surface area contributed by atoms with Crippen molar-refractivity contribution in [1.29, 1.82) is 0 Å². The van der Waals surface area contributed by atoms with E-state index in [9.17, 15) is 14.4 Å². The molecule has 380 valence electrons. The normalized spacial score (nSPS) is 12.2. The third-order valence-electron chi connectivity index (χ3n) is 12.6. The predicted molar refractivity (Wildman–Crippen MR) is 279 cm³/mol. The Labute approximate surface area is 404 Å². The van der Waals surface area contributed by atoms with Crippen LogP contribution in [0.25, 0.3) is 0 Å². The van der Waals surface area contributed by atoms with Gasteiger partial charge >= 0.3 is 17.9 Å². The summed E-state index contributed by atoms with van der Waals surface area (Å²) in [5.74, 6) is -0.887. The lowest BCUT2D eigenvalue weighted by Crippen LogP contribution is -2.30. The molecule has 0 spiro atoms. The van der Waals surface area contributed by atoms with Gasteiger partial charge in [-0.1, -0.05) is 243 Å². The van der Waals surface area contributed by atoms with Gasteiger partial charge in [-0.05, 0) is 77.0 Å². The number of carbonyl (C=O) groups is 3. The molecule has 6 nitrogen and oxygen atoms in total. The highest BCUT2D eigenvalue weighted by molar-refractivity contribution is 5.71. The quantitative estimate of drug-likeness (QED) is 0.0262. The zero-order valence-electron chi connectivity index (χ0n) is 43.5. The number of unbranched alkanes of at least 4 members (excludes halogenated alkanes) is 35. The number of hydrogen-bond acceptors (Lipinski definition) is 6. The molecule has 0 bridgehead atoms. The van der Waals surface area contributed by atoms with Gasteiger partial charge in [0.05, 0.1) is 0 Å². The maximum Gasteiger partial charge on any atom is 0.306 e. The molecule has 0 aliphatic carbocycles. The first-order chi connectivity index (χ1) is 32.0. The molecule has 0 N–H and O–H groups in total. The van der Waals surface area contributed by atoms with Gasteiger partial charge in [0.2, 0.25) is 0 Å². The highest BCUT2D eigenvalue weighted by atomic mass is 16.6. The first-order valence-corrected chi connectivity index (χ1v) is 28.5. The van der Waals surface area contributed by atoms with E-state index in [4.69, 9.17) is 14.2 Å². The van der Waals surface area contributed by atoms with Crippen molar-refractivity contribution >= 4 is 17.9 Å². The number of rotatable bonds is 52. The lowest BCUT2D eigenvalue weighted by atomic mass is 10.0. The van der Waals surface area contributed by atoms with E-state index in [1.54, 1.807) is 0 Å². The lowest BCUT2D eigenvalue weighted by molar-refractivity contribution is -0.167. The minimum absolute atomic E-state index is 0.0755. The largest absolute Gasteiger partial charge is 0.462 e. The van der Waals surface area contributed by atoms with Gasteiger partial charge in [-0.25, -0.2) is 0 Å². The third-order valence-corrected chi connectivity index (χ3v) is 12.6. The van der Waals surface area contributed by atoms with Crippen LogP contribution in [0.2, 0.25) is 0 Å². The smallest absolute Gasteiger partial charge is 0.306 e. The van der Waals surface area contributed by atoms with E-state index in [-0.39, 0.29) is 31.1 Å². The molecular formula is C59H108O6. The molecule has 0 radical (unpaired) electrons. The van der Waals surface area contributed by atoms with Crippen LogP contribution in [-0.2, 0) is 28.6 Å². The fraction of sp³-hybridized carbons (Fsp3) is 0.847. The summed E-state index contributed by atoms with van der Waals surface area (Å²) >= 11 is 0. The lowest BCUT2D eigenvalue weighted by Gasteiger charge is -2.18. The van der Waals surface area contributed by atoms with Gasteiger partial charge < -0.3 is 14.2 Å². The fourth-order valence-electron chi connectivity index (χ4n) is 8.29. The predicted octanol–water partition coefficient (Wildman–Crippen LogP) is 18.9. The Hall–Kier alpha value is -2.37. The minimum atomic E-state index is -0.774. The Morgan fingerprint density at radius 1 is 0.308 bits per heavy atom. The molecule has 0 fully saturated rings. The monoisotopic (exact) mass is 913 g/mol. The summed E-state index contributed by atoms with van der Waals surface area (Å²) in [5.41, 5.74) is 0. The number of hydrogen-bond donors (Lipinski definition) is 0. The van der Waals surface area contributed by atoms with E-state index in [1.807, 2.05) is 0 Å². The standard InChI is InChI=1S/C59H108O6/c1-4-7-10-13-16-18-20-22-24-26-27-28-29-30-31-32-33-34-36-37-39-41-43-46-49-52-58(61)64-55-56(54-63-57(60)51-48-45-15-12-9-6-3)65-59(62)53-50-47-44-42-40-38-35-25-23-21-19-17-14-11-8-5-2/h19,21,25-27,35,56H,4-18,20,22-24,28-34,36-55H2,1-3H3/b21-19-,27-26-,35-25-. The zero-order chi connectivity index (χ0) is 47.2. The van der Waals surface area contributed by atoms with Gasteiger partial charge in [0.25, 0.3) is 0 Å². The second-order valence-corrected chi connectivity index (χ2v) is 19.2. The van der Waals surface area contributed by atoms with Crippen LogP contribution in [0.5, 0.6) is 0 Å². The topological polar surface area (TPSA) is 78.9 Å². The van der Waals surface area contributed by atoms with Crippen molar-refractivity contribution in [3.8, 4) is 0 Å². The minimum Gasteiger partial charge on any atom is -0.462 e. The molecule has 0 rings (SSSR count). The van der Waals surface area contributed by atoms with Gasteiger partial charge in [-0.3, -0.25) is 14.4 Å². The van der Waals surface area contributed by atoms with Crippen molar-refractivity contribution in [3.05, 3.63) is 36.5 Å². The Kier molecular flexibility index (Phi) is 52.3. The summed E-state index contributed by atoms with van der Waals surface area (Å²) < 4.78 is 16.7. The summed E-state index contributed by atoms with van der Waals surface area (Å²) in [6.07, 6.45) is 64.6. The molecule has 0 aromatic heterocycles. The van der Waals surface area contributed by atoms with Crippen molar-refractivity contribution in [2.45, 2.75) is 309 Å². The van der Waals surface area contributed by atoms with Crippen LogP contribution in [0.4, 0.5) is 0 Å². The Morgan fingerprint density at radius 2 is 0.554 bits per heavy atom. The molecule has 1 unspecified atom stereocenters. The van der Waals surface area contributed by atoms with Crippen molar-refractivity contribution in [3.63, 3.8) is 0 Å². The van der Waals surface area contributed by atoms with E-state index in [2.05, 4.69) is 57.2 Å². The zero-order valence-corrected chi connectivity index (χ0v) is 43.5. The van der Waals surface area contributed by atoms with E-state index < -0.39 is 6.10 Å². The Morgan fingerprint density at radius 3 is 0.877 bits per heavy atom. The molecule has 0 aliphatic rings. The van der Waals surface area contributed by atoms with Crippen LogP contribution in [0.3, 0.4) is 0 Å². The summed E-state index contributed by atoms with van der Waals surface area (Å²) in [4.78, 5) is 37.8. The van der Waals surface area contributed by atoms with Gasteiger partial charge in [-0.2, -0.15) is 0 Å². The molecule has 0 amide bonds. The molecular weight excluding hydrogens is 805 g/mol. The molecule has 0 saturated heterocycles. The van der Waals surface area contributed by atoms with Crippen molar-refractivity contribution in [1.82, 2.24) is 0 Å². The van der Waals surface area contributed by atoms with E-state index in [0.717, 1.165) is 83.5 Å². The van der Waals surface area contributed by atoms with Gasteiger partial charge in [0, 0.05) is 19.3 Å². The summed E-state index contributed by atoms with van der Waals surface area (Å²) in [5, 5.41) is 0. The Bertz CT molecular complexity index is 1090. The molecule has 6 heteroatoms. The van der Waals surface area contributed by atoms with Gasteiger partial charge in [0.1, 0.15) is 13.2 Å². The first kappa shape index (κ1) is 62.6. The number of esters is 3. The number of allylic oxidation sites excluding steroid dienone is 6. The fourth-order valence-corrected chi connectivity index (χ4v) is 8.29. The van der Waals surface area contributed by atoms with Crippen LogP contribution < -0.4 is 0 Å². The maximum absolute atomic E-state index is 12.8. The van der Waals surface area contributed by atoms with Gasteiger partial charge in [0.15, 0.2) is 6.10 Å². The van der Waals surface area contributed by atoms with Crippen LogP contribution in [-0.4, -0.2) is 37.2 Å². The summed E-state index contributed by atoms with van der Waals surface area (Å²) in [6.45, 7) is 6.58. The van der Waals surface area contributed by atoms with E-state index >= 15 is 0 Å². The van der Waals surface area contributed by atoms with Gasteiger partial charge in [-0.15, -0.1) is 0 Å². The second kappa shape index (κ2) is 54.2. The average Bonchev–Trinajstić information content (AvgIpc) is 3.30. The molecule has 0 aromatic rings. The molecule has 1 atom stereocenters. The Balaban J connectivity index is 4.09. The summed E-state index contributed by atoms with van der Waals surface area (Å²) in [6, 6.07) is 0. The van der Waals surface area contributed by atoms with Crippen LogP contribution in [0.1, 0.15) is 303 Å². The third kappa shape index (κ3) is 52.5. The molecule has 0 aliphatic heterocycles. The van der Waals surface area contributed by atoms with Crippen LogP contribution in [0.15, 0.2) is 36.5 Å². The van der Waals surface area contributed by atoms with E-state index in [1.165, 1.54) is 180 Å². The van der Waals surface area contributed by atoms with Crippen molar-refractivity contribution in [2.75, 3.05) is 13.2 Å². The second-order valence-electron chi connectivity index (χ2n) is 19.2. The van der Waals surface area contributed by atoms with E-state index in [0.29, 0.717) is 19.3 Å².